The molecule has 3 N–H and O–H groups in total. The number of rotatable bonds is 8. The van der Waals surface area contributed by atoms with E-state index in [2.05, 4.69) is 59.3 Å². The van der Waals surface area contributed by atoms with Crippen molar-refractivity contribution in [3.05, 3.63) is 99.5 Å². The van der Waals surface area contributed by atoms with E-state index >= 15 is 0 Å². The molecule has 40 heavy (non-hydrogen) atoms. The first kappa shape index (κ1) is 27.5. The molecule has 1 unspecified atom stereocenters. The zero-order valence-corrected chi connectivity index (χ0v) is 23.9. The van der Waals surface area contributed by atoms with Crippen LogP contribution >= 0.6 is 15.9 Å². The van der Waals surface area contributed by atoms with E-state index in [0.717, 1.165) is 21.3 Å². The predicted octanol–water partition coefficient (Wildman–Crippen LogP) is 6.74. The molecular weight excluding hydrogens is 570 g/mol. The van der Waals surface area contributed by atoms with Crippen molar-refractivity contribution >= 4 is 39.5 Å². The summed E-state index contributed by atoms with van der Waals surface area (Å²) in [5.74, 6) is 0.353. The van der Waals surface area contributed by atoms with E-state index in [1.807, 2.05) is 55.5 Å². The lowest BCUT2D eigenvalue weighted by Gasteiger charge is -2.27. The van der Waals surface area contributed by atoms with E-state index < -0.39 is 0 Å². The number of aromatic nitrogens is 4. The van der Waals surface area contributed by atoms with Crippen LogP contribution in [-0.4, -0.2) is 32.6 Å². The highest BCUT2D eigenvalue weighted by Gasteiger charge is 2.21. The summed E-state index contributed by atoms with van der Waals surface area (Å²) in [4.78, 5) is 27.9. The normalized spacial score (nSPS) is 14.3. The zero-order valence-electron chi connectivity index (χ0n) is 22.3. The maximum absolute atomic E-state index is 13.7. The highest BCUT2D eigenvalue weighted by molar-refractivity contribution is 9.10. The monoisotopic (exact) mass is 601 g/mol. The fraction of sp³-hybridized carbons (Fsp3) is 0.300. The lowest BCUT2D eigenvalue weighted by molar-refractivity contribution is 0.102. The first-order valence-electron chi connectivity index (χ1n) is 13.5. The van der Waals surface area contributed by atoms with E-state index in [1.54, 1.807) is 17.0 Å². The highest BCUT2D eigenvalue weighted by Crippen LogP contribution is 2.33. The van der Waals surface area contributed by atoms with Crippen LogP contribution in [0.1, 0.15) is 78.0 Å². The predicted molar refractivity (Wildman–Crippen MR) is 158 cm³/mol. The number of nitrogens with zero attached hydrogens (tertiary/aromatic N) is 4. The first-order chi connectivity index (χ1) is 19.5. The standard InChI is InChI=1S/C30H32BrN7O2/c1-20(22-11-15-26(31)16-12-22)32-30(40)38(27-17-13-24(14-18-27)23-5-3-2-4-6-23)19-21-7-9-25(10-8-21)28(39)33-29-34-36-37-35-29/h7-18,20,23H,2-6,19H2,1H3,(H,32,40)(H2,33,34,35,36,37,39). The maximum atomic E-state index is 13.7. The van der Waals surface area contributed by atoms with Crippen molar-refractivity contribution in [2.45, 2.75) is 57.5 Å². The number of amides is 3. The molecule has 9 nitrogen and oxygen atoms in total. The number of H-pyrrole nitrogens is 1. The van der Waals surface area contributed by atoms with Gasteiger partial charge in [0.25, 0.3) is 11.9 Å². The molecule has 10 heteroatoms. The quantitative estimate of drug-likeness (QED) is 0.207. The van der Waals surface area contributed by atoms with Crippen LogP contribution in [-0.2, 0) is 6.54 Å². The van der Waals surface area contributed by atoms with Gasteiger partial charge in [0.2, 0.25) is 0 Å². The average Bonchev–Trinajstić information content (AvgIpc) is 3.50. The number of carbonyl (C=O) groups excluding carboxylic acids is 2. The molecule has 4 aromatic rings. The number of carbonyl (C=O) groups is 2. The Hall–Kier alpha value is -4.05. The van der Waals surface area contributed by atoms with E-state index in [4.69, 9.17) is 0 Å². The van der Waals surface area contributed by atoms with Gasteiger partial charge in [-0.25, -0.2) is 4.79 Å². The molecule has 0 radical (unpaired) electrons. The molecule has 3 amide bonds. The van der Waals surface area contributed by atoms with Crippen LogP contribution in [0.2, 0.25) is 0 Å². The molecule has 1 heterocycles. The van der Waals surface area contributed by atoms with Crippen LogP contribution in [0.5, 0.6) is 0 Å². The molecule has 1 aromatic heterocycles. The minimum Gasteiger partial charge on any atom is -0.331 e. The number of hydrogen-bond donors (Lipinski definition) is 3. The lowest BCUT2D eigenvalue weighted by Crippen LogP contribution is -2.40. The van der Waals surface area contributed by atoms with Crippen molar-refractivity contribution in [1.82, 2.24) is 25.9 Å². The van der Waals surface area contributed by atoms with Crippen molar-refractivity contribution in [1.29, 1.82) is 0 Å². The number of tetrazole rings is 1. The molecule has 1 saturated carbocycles. The first-order valence-corrected chi connectivity index (χ1v) is 14.3. The Morgan fingerprint density at radius 1 is 0.975 bits per heavy atom. The van der Waals surface area contributed by atoms with Crippen molar-refractivity contribution in [3.8, 4) is 0 Å². The number of anilines is 2. The van der Waals surface area contributed by atoms with Gasteiger partial charge in [0.1, 0.15) is 0 Å². The fourth-order valence-corrected chi connectivity index (χ4v) is 5.34. The molecule has 0 spiro atoms. The molecule has 1 fully saturated rings. The second kappa shape index (κ2) is 12.9. The molecule has 5 rings (SSSR count). The van der Waals surface area contributed by atoms with Crippen LogP contribution in [0.4, 0.5) is 16.4 Å². The summed E-state index contributed by atoms with van der Waals surface area (Å²) in [6, 6.07) is 23.1. The molecule has 1 aliphatic carbocycles. The summed E-state index contributed by atoms with van der Waals surface area (Å²) < 4.78 is 0.990. The van der Waals surface area contributed by atoms with E-state index in [9.17, 15) is 9.59 Å². The second-order valence-corrected chi connectivity index (χ2v) is 11.0. The number of urea groups is 1. The van der Waals surface area contributed by atoms with Gasteiger partial charge < -0.3 is 5.32 Å². The Morgan fingerprint density at radius 2 is 1.68 bits per heavy atom. The Balaban J connectivity index is 1.34. The van der Waals surface area contributed by atoms with Gasteiger partial charge in [-0.05, 0) is 84.0 Å². The molecule has 0 bridgehead atoms. The van der Waals surface area contributed by atoms with E-state index in [-0.39, 0.29) is 23.9 Å². The number of halogens is 1. The zero-order chi connectivity index (χ0) is 27.9. The average molecular weight is 603 g/mol. The summed E-state index contributed by atoms with van der Waals surface area (Å²) in [7, 11) is 0. The van der Waals surface area contributed by atoms with E-state index in [0.29, 0.717) is 18.0 Å². The van der Waals surface area contributed by atoms with Gasteiger partial charge in [-0.2, -0.15) is 5.21 Å². The molecular formula is C30H32BrN7O2. The third-order valence-electron chi connectivity index (χ3n) is 7.36. The van der Waals surface area contributed by atoms with Gasteiger partial charge >= 0.3 is 6.03 Å². The largest absolute Gasteiger partial charge is 0.331 e. The number of benzene rings is 3. The summed E-state index contributed by atoms with van der Waals surface area (Å²) in [6.45, 7) is 2.32. The molecule has 0 saturated heterocycles. The van der Waals surface area contributed by atoms with Crippen LogP contribution in [0.15, 0.2) is 77.3 Å². The Morgan fingerprint density at radius 3 is 2.33 bits per heavy atom. The van der Waals surface area contributed by atoms with Gasteiger partial charge in [0, 0.05) is 15.7 Å². The minimum absolute atomic E-state index is 0.105. The van der Waals surface area contributed by atoms with Crippen molar-refractivity contribution < 1.29 is 9.59 Å². The van der Waals surface area contributed by atoms with Gasteiger partial charge in [0.05, 0.1) is 12.6 Å². The fourth-order valence-electron chi connectivity index (χ4n) is 5.07. The summed E-state index contributed by atoms with van der Waals surface area (Å²) in [5, 5.41) is 19.0. The van der Waals surface area contributed by atoms with Crippen LogP contribution in [0, 0.1) is 0 Å². The molecule has 206 valence electrons. The lowest BCUT2D eigenvalue weighted by atomic mass is 9.84. The van der Waals surface area contributed by atoms with Crippen LogP contribution in [0.3, 0.4) is 0 Å². The van der Waals surface area contributed by atoms with E-state index in [1.165, 1.54) is 37.7 Å². The summed E-state index contributed by atoms with van der Waals surface area (Å²) in [5.41, 5.74) is 4.51. The van der Waals surface area contributed by atoms with Gasteiger partial charge in [-0.1, -0.05) is 76.7 Å². The van der Waals surface area contributed by atoms with Crippen LogP contribution in [0.25, 0.3) is 0 Å². The molecule has 1 atom stereocenters. The van der Waals surface area contributed by atoms with Gasteiger partial charge in [-0.3, -0.25) is 15.0 Å². The SMILES string of the molecule is CC(NC(=O)N(Cc1ccc(C(=O)Nc2nn[nH]n2)cc1)c1ccc(C2CCCCC2)cc1)c1ccc(Br)cc1. The Labute approximate surface area is 241 Å². The topological polar surface area (TPSA) is 116 Å². The van der Waals surface area contributed by atoms with Gasteiger partial charge in [0.15, 0.2) is 0 Å². The summed E-state index contributed by atoms with van der Waals surface area (Å²) in [6.07, 6.45) is 6.31. The number of hydrogen-bond acceptors (Lipinski definition) is 5. The smallest absolute Gasteiger partial charge is 0.322 e. The van der Waals surface area contributed by atoms with Crippen molar-refractivity contribution in [2.75, 3.05) is 10.2 Å². The minimum atomic E-state index is -0.343. The third kappa shape index (κ3) is 6.93. The van der Waals surface area contributed by atoms with Crippen molar-refractivity contribution in [2.24, 2.45) is 0 Å². The molecule has 0 aliphatic heterocycles. The summed E-state index contributed by atoms with van der Waals surface area (Å²) >= 11 is 3.47. The van der Waals surface area contributed by atoms with Crippen LogP contribution < -0.4 is 15.5 Å². The number of aromatic amines is 1. The Kier molecular flexibility index (Phi) is 8.85. The van der Waals surface area contributed by atoms with Gasteiger partial charge in [-0.15, -0.1) is 5.10 Å². The van der Waals surface area contributed by atoms with Crippen molar-refractivity contribution in [3.63, 3.8) is 0 Å². The maximum Gasteiger partial charge on any atom is 0.322 e. The molecule has 1 aliphatic rings. The molecule has 3 aromatic carbocycles. The highest BCUT2D eigenvalue weighted by atomic mass is 79.9. The Bertz CT molecular complexity index is 1400. The number of nitrogens with one attached hydrogen (secondary N) is 3. The third-order valence-corrected chi connectivity index (χ3v) is 7.89. The second-order valence-electron chi connectivity index (χ2n) is 10.1.